The van der Waals surface area contributed by atoms with Crippen LogP contribution in [0.3, 0.4) is 0 Å². The first-order chi connectivity index (χ1) is 18.9. The fourth-order valence-electron chi connectivity index (χ4n) is 4.51. The number of carbonyl (C=O) groups is 2. The zero-order valence-corrected chi connectivity index (χ0v) is 23.0. The van der Waals surface area contributed by atoms with Crippen molar-refractivity contribution in [2.24, 2.45) is 0 Å². The van der Waals surface area contributed by atoms with Crippen LogP contribution < -0.4 is 15.0 Å². The number of aromatic nitrogens is 2. The number of alkyl halides is 1. The van der Waals surface area contributed by atoms with Gasteiger partial charge in [-0.15, -0.1) is 0 Å². The summed E-state index contributed by atoms with van der Waals surface area (Å²) in [6.07, 6.45) is -0.385. The number of amides is 2. The molecule has 0 spiro atoms. The van der Waals surface area contributed by atoms with E-state index in [0.717, 1.165) is 4.90 Å². The first-order valence-electron chi connectivity index (χ1n) is 12.6. The summed E-state index contributed by atoms with van der Waals surface area (Å²) in [5.41, 5.74) is 0.0787. The van der Waals surface area contributed by atoms with Crippen LogP contribution in [0, 0.1) is 12.7 Å². The summed E-state index contributed by atoms with van der Waals surface area (Å²) in [6.45, 7) is 7.11. The van der Waals surface area contributed by atoms with Gasteiger partial charge in [-0.25, -0.2) is 23.9 Å². The van der Waals surface area contributed by atoms with Gasteiger partial charge in [0.1, 0.15) is 29.0 Å². The second kappa shape index (κ2) is 10.7. The normalized spacial score (nSPS) is 18.7. The molecule has 1 N–H and O–H groups in total. The van der Waals surface area contributed by atoms with Gasteiger partial charge in [0, 0.05) is 35.3 Å². The minimum atomic E-state index is -1.82. The Bertz CT molecular complexity index is 1490. The Morgan fingerprint density at radius 1 is 1.20 bits per heavy atom. The number of anilines is 2. The number of rotatable bonds is 3. The molecule has 1 saturated heterocycles. The van der Waals surface area contributed by atoms with Gasteiger partial charge in [0.05, 0.1) is 24.8 Å². The van der Waals surface area contributed by atoms with Crippen molar-refractivity contribution < 1.29 is 37.3 Å². The highest BCUT2D eigenvalue weighted by molar-refractivity contribution is 6.36. The van der Waals surface area contributed by atoms with Crippen LogP contribution in [0.1, 0.15) is 32.8 Å². The third-order valence-corrected chi connectivity index (χ3v) is 6.67. The van der Waals surface area contributed by atoms with E-state index in [-0.39, 0.29) is 34.1 Å². The van der Waals surface area contributed by atoms with E-state index in [2.05, 4.69) is 15.3 Å². The van der Waals surface area contributed by atoms with Crippen LogP contribution in [0.2, 0.25) is 5.02 Å². The van der Waals surface area contributed by atoms with Gasteiger partial charge in [0.2, 0.25) is 5.88 Å². The van der Waals surface area contributed by atoms with Gasteiger partial charge >= 0.3 is 12.2 Å². The van der Waals surface area contributed by atoms with E-state index in [1.54, 1.807) is 27.7 Å². The van der Waals surface area contributed by atoms with Crippen LogP contribution in [-0.2, 0) is 14.2 Å². The maximum atomic E-state index is 15.6. The van der Waals surface area contributed by atoms with Crippen molar-refractivity contribution in [2.45, 2.75) is 52.2 Å². The van der Waals surface area contributed by atoms with E-state index >= 15 is 4.39 Å². The van der Waals surface area contributed by atoms with Crippen LogP contribution in [0.15, 0.2) is 24.5 Å². The molecular formula is C27H27ClF2N4O6. The SMILES string of the molecule is Cc1c(-c2cc3cc(NC(=O)OC4CCOC4)ncc3c(Cl)c2F)cnc2c1N(C(=O)OC(C)(C)C)CC(F)O2. The number of halogens is 3. The first kappa shape index (κ1) is 27.8. The van der Waals surface area contributed by atoms with Crippen molar-refractivity contribution in [1.82, 2.24) is 9.97 Å². The Labute approximate surface area is 233 Å². The molecule has 2 aromatic heterocycles. The van der Waals surface area contributed by atoms with Gasteiger partial charge in [0.15, 0.2) is 0 Å². The number of nitrogens with one attached hydrogen (secondary N) is 1. The van der Waals surface area contributed by atoms with E-state index in [0.29, 0.717) is 41.5 Å². The summed E-state index contributed by atoms with van der Waals surface area (Å²) in [7, 11) is 0. The number of hydrogen-bond acceptors (Lipinski definition) is 8. The Morgan fingerprint density at radius 3 is 2.67 bits per heavy atom. The molecule has 0 bridgehead atoms. The number of carbonyl (C=O) groups excluding carboxylic acids is 2. The molecule has 1 aromatic carbocycles. The largest absolute Gasteiger partial charge is 0.443 e. The number of nitrogens with zero attached hydrogens (tertiary/aromatic N) is 3. The molecule has 13 heteroatoms. The monoisotopic (exact) mass is 576 g/mol. The summed E-state index contributed by atoms with van der Waals surface area (Å²) >= 11 is 6.40. The van der Waals surface area contributed by atoms with Crippen molar-refractivity contribution in [1.29, 1.82) is 0 Å². The molecule has 10 nitrogen and oxygen atoms in total. The molecule has 2 aliphatic heterocycles. The van der Waals surface area contributed by atoms with Crippen molar-refractivity contribution in [3.05, 3.63) is 40.9 Å². The molecule has 1 fully saturated rings. The van der Waals surface area contributed by atoms with E-state index in [9.17, 15) is 14.0 Å². The predicted molar refractivity (Wildman–Crippen MR) is 143 cm³/mol. The maximum Gasteiger partial charge on any atom is 0.415 e. The molecule has 40 heavy (non-hydrogen) atoms. The summed E-state index contributed by atoms with van der Waals surface area (Å²) in [4.78, 5) is 34.7. The highest BCUT2D eigenvalue weighted by Crippen LogP contribution is 2.43. The predicted octanol–water partition coefficient (Wildman–Crippen LogP) is 6.16. The Hall–Kier alpha value is -3.77. The van der Waals surface area contributed by atoms with E-state index in [4.69, 9.17) is 30.5 Å². The lowest BCUT2D eigenvalue weighted by atomic mass is 9.97. The topological polar surface area (TPSA) is 112 Å². The highest BCUT2D eigenvalue weighted by Gasteiger charge is 2.36. The molecule has 2 unspecified atom stereocenters. The molecule has 2 atom stereocenters. The first-order valence-corrected chi connectivity index (χ1v) is 12.9. The lowest BCUT2D eigenvalue weighted by molar-refractivity contribution is 0.0375. The van der Waals surface area contributed by atoms with Crippen LogP contribution in [-0.4, -0.2) is 60.0 Å². The summed E-state index contributed by atoms with van der Waals surface area (Å²) in [5.74, 6) is -0.699. The minimum absolute atomic E-state index is 0.0691. The molecule has 0 aliphatic carbocycles. The van der Waals surface area contributed by atoms with Gasteiger partial charge in [-0.3, -0.25) is 10.2 Å². The van der Waals surface area contributed by atoms with Crippen LogP contribution in [0.25, 0.3) is 21.9 Å². The van der Waals surface area contributed by atoms with Crippen molar-refractivity contribution >= 4 is 46.1 Å². The second-order valence-corrected chi connectivity index (χ2v) is 10.8. The van der Waals surface area contributed by atoms with Crippen molar-refractivity contribution in [2.75, 3.05) is 30.0 Å². The molecular weight excluding hydrogens is 550 g/mol. The van der Waals surface area contributed by atoms with E-state index in [1.807, 2.05) is 0 Å². The fraction of sp³-hybridized carbons (Fsp3) is 0.407. The van der Waals surface area contributed by atoms with Gasteiger partial charge in [-0.05, 0) is 50.8 Å². The van der Waals surface area contributed by atoms with Gasteiger partial charge in [-0.2, -0.15) is 4.39 Å². The van der Waals surface area contributed by atoms with Crippen molar-refractivity contribution in [3.63, 3.8) is 0 Å². The van der Waals surface area contributed by atoms with Gasteiger partial charge in [0.25, 0.3) is 6.36 Å². The van der Waals surface area contributed by atoms with Gasteiger partial charge < -0.3 is 18.9 Å². The average Bonchev–Trinajstić information content (AvgIpc) is 3.38. The number of pyridine rings is 2. The molecule has 3 aromatic rings. The lowest BCUT2D eigenvalue weighted by Crippen LogP contribution is -2.45. The molecule has 4 heterocycles. The highest BCUT2D eigenvalue weighted by atomic mass is 35.5. The second-order valence-electron chi connectivity index (χ2n) is 10.4. The molecule has 212 valence electrons. The number of ether oxygens (including phenoxy) is 4. The standard InChI is InChI=1S/C27H27ClF2N4O6/c1-13-17(9-32-24-23(13)34(11-19(29)39-24)26(36)40-27(2,3)4)16-7-14-8-20(31-10-18(14)21(28)22(16)30)33-25(35)38-15-5-6-37-12-15/h7-10,15,19H,5-6,11-12H2,1-4H3,(H,31,33,35). The van der Waals surface area contributed by atoms with E-state index in [1.165, 1.54) is 24.5 Å². The third-order valence-electron chi connectivity index (χ3n) is 6.31. The summed E-state index contributed by atoms with van der Waals surface area (Å²) < 4.78 is 51.2. The van der Waals surface area contributed by atoms with Crippen LogP contribution in [0.4, 0.5) is 29.9 Å². The minimum Gasteiger partial charge on any atom is -0.443 e. The Kier molecular flexibility index (Phi) is 7.40. The average molecular weight is 577 g/mol. The Balaban J connectivity index is 1.53. The maximum absolute atomic E-state index is 15.6. The molecule has 5 rings (SSSR count). The number of benzene rings is 1. The molecule has 2 amide bonds. The lowest BCUT2D eigenvalue weighted by Gasteiger charge is -2.34. The zero-order valence-electron chi connectivity index (χ0n) is 22.2. The molecule has 2 aliphatic rings. The molecule has 0 saturated carbocycles. The molecule has 0 radical (unpaired) electrons. The smallest absolute Gasteiger partial charge is 0.415 e. The van der Waals surface area contributed by atoms with E-state index < -0.39 is 36.5 Å². The fourth-order valence-corrected chi connectivity index (χ4v) is 4.77. The number of hydrogen-bond donors (Lipinski definition) is 1. The summed E-state index contributed by atoms with van der Waals surface area (Å²) in [5, 5.41) is 3.15. The van der Waals surface area contributed by atoms with Gasteiger partial charge in [-0.1, -0.05) is 11.6 Å². The number of fused-ring (bicyclic) bond motifs is 2. The van der Waals surface area contributed by atoms with Crippen LogP contribution in [0.5, 0.6) is 5.88 Å². The summed E-state index contributed by atoms with van der Waals surface area (Å²) in [6, 6.07) is 3.05. The third kappa shape index (κ3) is 5.59. The zero-order chi connectivity index (χ0) is 28.8. The van der Waals surface area contributed by atoms with Crippen molar-refractivity contribution in [3.8, 4) is 17.0 Å². The Morgan fingerprint density at radius 2 is 1.98 bits per heavy atom. The quantitative estimate of drug-likeness (QED) is 0.394. The van der Waals surface area contributed by atoms with Crippen LogP contribution >= 0.6 is 11.6 Å².